The largest absolute Gasteiger partial charge is 0.463 e. The highest BCUT2D eigenvalue weighted by Gasteiger charge is 2.35. The van der Waals surface area contributed by atoms with Crippen LogP contribution in [-0.4, -0.2) is 24.6 Å². The number of benzene rings is 1. The van der Waals surface area contributed by atoms with Crippen LogP contribution in [0.3, 0.4) is 0 Å². The van der Waals surface area contributed by atoms with E-state index in [1.165, 1.54) is 12.5 Å². The average molecular weight is 332 g/mol. The predicted octanol–water partition coefficient (Wildman–Crippen LogP) is 2.44. The minimum absolute atomic E-state index is 0.0949. The number of carbonyl (C=O) groups excluding carboxylic acids is 2. The molecular formula is C16H14ClN3O3. The summed E-state index contributed by atoms with van der Waals surface area (Å²) in [5, 5.41) is 4.43. The molecule has 0 aliphatic carbocycles. The minimum atomic E-state index is -0.438. The summed E-state index contributed by atoms with van der Waals surface area (Å²) in [6.45, 7) is 0.322. The molecule has 0 spiro atoms. The Hall–Kier alpha value is -2.60. The lowest BCUT2D eigenvalue weighted by Crippen LogP contribution is -2.30. The Kier molecular flexibility index (Phi) is 4.43. The fraction of sp³-hybridized carbons (Fsp3) is 0.188. The van der Waals surface area contributed by atoms with Crippen LogP contribution in [0.25, 0.3) is 0 Å². The third-order valence-corrected chi connectivity index (χ3v) is 3.80. The van der Waals surface area contributed by atoms with E-state index in [0.29, 0.717) is 17.3 Å². The molecule has 1 fully saturated rings. The molecule has 118 valence electrons. The molecule has 6 nitrogen and oxygen atoms in total. The van der Waals surface area contributed by atoms with Crippen molar-refractivity contribution in [3.05, 3.63) is 53.4 Å². The number of nitrogens with zero attached hydrogens (tertiary/aromatic N) is 2. The van der Waals surface area contributed by atoms with E-state index in [-0.39, 0.29) is 18.2 Å². The van der Waals surface area contributed by atoms with Crippen molar-refractivity contribution in [2.75, 3.05) is 11.4 Å². The van der Waals surface area contributed by atoms with Crippen molar-refractivity contribution >= 4 is 35.3 Å². The molecule has 3 rings (SSSR count). The number of anilines is 1. The van der Waals surface area contributed by atoms with Crippen molar-refractivity contribution in [3.8, 4) is 0 Å². The summed E-state index contributed by atoms with van der Waals surface area (Å²) in [6, 6.07) is 10.4. The van der Waals surface area contributed by atoms with Crippen LogP contribution in [-0.2, 0) is 9.59 Å². The van der Waals surface area contributed by atoms with E-state index in [4.69, 9.17) is 16.0 Å². The number of furan rings is 1. The maximum atomic E-state index is 12.1. The molecule has 0 unspecified atom stereocenters. The molecule has 2 amide bonds. The summed E-state index contributed by atoms with van der Waals surface area (Å²) in [6.07, 6.45) is 3.08. The first-order valence-corrected chi connectivity index (χ1v) is 7.43. The van der Waals surface area contributed by atoms with Crippen molar-refractivity contribution in [3.63, 3.8) is 0 Å². The number of halogens is 1. The molecule has 1 aromatic heterocycles. The smallest absolute Gasteiger partial charge is 0.245 e. The van der Waals surface area contributed by atoms with Crippen LogP contribution in [0.2, 0.25) is 5.02 Å². The summed E-state index contributed by atoms with van der Waals surface area (Å²) in [7, 11) is 0. The summed E-state index contributed by atoms with van der Waals surface area (Å²) < 4.78 is 5.07. The molecular weight excluding hydrogens is 318 g/mol. The highest BCUT2D eigenvalue weighted by Crippen LogP contribution is 2.26. The van der Waals surface area contributed by atoms with Gasteiger partial charge in [0.05, 0.1) is 18.4 Å². The molecule has 1 atom stereocenters. The highest BCUT2D eigenvalue weighted by molar-refractivity contribution is 6.30. The Morgan fingerprint density at radius 1 is 1.35 bits per heavy atom. The first-order chi connectivity index (χ1) is 11.1. The first-order valence-electron chi connectivity index (χ1n) is 7.06. The van der Waals surface area contributed by atoms with E-state index >= 15 is 0 Å². The predicted molar refractivity (Wildman–Crippen MR) is 86.4 cm³/mol. The lowest BCUT2D eigenvalue weighted by atomic mass is 10.1. The van der Waals surface area contributed by atoms with Crippen molar-refractivity contribution in [2.24, 2.45) is 11.0 Å². The van der Waals surface area contributed by atoms with Gasteiger partial charge in [0.25, 0.3) is 0 Å². The maximum Gasteiger partial charge on any atom is 0.245 e. The van der Waals surface area contributed by atoms with E-state index in [2.05, 4.69) is 10.5 Å². The second-order valence-electron chi connectivity index (χ2n) is 5.13. The van der Waals surface area contributed by atoms with Crippen molar-refractivity contribution in [2.45, 2.75) is 6.42 Å². The Morgan fingerprint density at radius 3 is 2.83 bits per heavy atom. The number of nitrogens with one attached hydrogen (secondary N) is 1. The standard InChI is InChI=1S/C16H14ClN3O3/c17-12-3-5-13(6-4-12)20-10-11(8-15(20)21)16(22)19-18-9-14-2-1-7-23-14/h1-7,9,11H,8,10H2,(H,19,22)/b18-9-/t11-/m0/s1. The van der Waals surface area contributed by atoms with Crippen LogP contribution in [0.1, 0.15) is 12.2 Å². The Bertz CT molecular complexity index is 726. The van der Waals surface area contributed by atoms with Gasteiger partial charge in [-0.05, 0) is 36.4 Å². The van der Waals surface area contributed by atoms with E-state index < -0.39 is 5.92 Å². The fourth-order valence-corrected chi connectivity index (χ4v) is 2.50. The lowest BCUT2D eigenvalue weighted by Gasteiger charge is -2.16. The second-order valence-corrected chi connectivity index (χ2v) is 5.57. The van der Waals surface area contributed by atoms with Crippen molar-refractivity contribution < 1.29 is 14.0 Å². The number of carbonyl (C=O) groups is 2. The molecule has 1 aliphatic rings. The topological polar surface area (TPSA) is 74.9 Å². The monoisotopic (exact) mass is 331 g/mol. The summed E-state index contributed by atoms with van der Waals surface area (Å²) in [4.78, 5) is 25.8. The molecule has 0 bridgehead atoms. The zero-order valence-corrected chi connectivity index (χ0v) is 12.9. The molecule has 1 aromatic carbocycles. The van der Waals surface area contributed by atoms with Crippen LogP contribution in [0.5, 0.6) is 0 Å². The Morgan fingerprint density at radius 2 is 2.13 bits per heavy atom. The Labute approximate surface area is 137 Å². The van der Waals surface area contributed by atoms with Gasteiger partial charge in [-0.15, -0.1) is 0 Å². The van der Waals surface area contributed by atoms with E-state index in [1.54, 1.807) is 41.3 Å². The van der Waals surface area contributed by atoms with E-state index in [1.807, 2.05) is 0 Å². The number of rotatable bonds is 4. The SMILES string of the molecule is O=C(N/N=C\c1ccco1)[C@H]1CC(=O)N(c2ccc(Cl)cc2)C1. The number of hydrogen-bond acceptors (Lipinski definition) is 4. The van der Waals surface area contributed by atoms with Gasteiger partial charge >= 0.3 is 0 Å². The maximum absolute atomic E-state index is 12.1. The third-order valence-electron chi connectivity index (χ3n) is 3.54. The van der Waals surface area contributed by atoms with Crippen LogP contribution in [0.15, 0.2) is 52.2 Å². The van der Waals surface area contributed by atoms with Gasteiger partial charge in [0.1, 0.15) is 5.76 Å². The molecule has 2 aromatic rings. The number of hydrogen-bond donors (Lipinski definition) is 1. The zero-order chi connectivity index (χ0) is 16.2. The number of hydrazone groups is 1. The Balaban J connectivity index is 1.60. The summed E-state index contributed by atoms with van der Waals surface area (Å²) >= 11 is 5.84. The molecule has 0 radical (unpaired) electrons. The van der Waals surface area contributed by atoms with Gasteiger partial charge < -0.3 is 9.32 Å². The fourth-order valence-electron chi connectivity index (χ4n) is 2.37. The summed E-state index contributed by atoms with van der Waals surface area (Å²) in [5.41, 5.74) is 3.17. The van der Waals surface area contributed by atoms with Gasteiger partial charge in [0.15, 0.2) is 0 Å². The normalized spacial score (nSPS) is 17.9. The van der Waals surface area contributed by atoms with Crippen LogP contribution in [0, 0.1) is 5.92 Å². The lowest BCUT2D eigenvalue weighted by molar-refractivity contribution is -0.126. The van der Waals surface area contributed by atoms with Crippen molar-refractivity contribution in [1.82, 2.24) is 5.43 Å². The van der Waals surface area contributed by atoms with Gasteiger partial charge in [-0.3, -0.25) is 9.59 Å². The van der Waals surface area contributed by atoms with E-state index in [0.717, 1.165) is 5.69 Å². The molecule has 7 heteroatoms. The molecule has 23 heavy (non-hydrogen) atoms. The molecule has 0 saturated carbocycles. The first kappa shape index (κ1) is 15.3. The van der Waals surface area contributed by atoms with Gasteiger partial charge in [-0.2, -0.15) is 5.10 Å². The summed E-state index contributed by atoms with van der Waals surface area (Å²) in [5.74, 6) is -0.289. The number of amides is 2. The molecule has 1 aliphatic heterocycles. The molecule has 1 N–H and O–H groups in total. The van der Waals surface area contributed by atoms with Gasteiger partial charge in [0, 0.05) is 23.7 Å². The third kappa shape index (κ3) is 3.60. The van der Waals surface area contributed by atoms with Crippen LogP contribution in [0.4, 0.5) is 5.69 Å². The minimum Gasteiger partial charge on any atom is -0.463 e. The van der Waals surface area contributed by atoms with Gasteiger partial charge in [-0.25, -0.2) is 5.43 Å². The van der Waals surface area contributed by atoms with Crippen LogP contribution >= 0.6 is 11.6 Å². The zero-order valence-electron chi connectivity index (χ0n) is 12.1. The highest BCUT2D eigenvalue weighted by atomic mass is 35.5. The average Bonchev–Trinajstić information content (AvgIpc) is 3.18. The molecule has 2 heterocycles. The van der Waals surface area contributed by atoms with Gasteiger partial charge in [0.2, 0.25) is 11.8 Å². The van der Waals surface area contributed by atoms with E-state index in [9.17, 15) is 9.59 Å². The van der Waals surface area contributed by atoms with Crippen molar-refractivity contribution in [1.29, 1.82) is 0 Å². The van der Waals surface area contributed by atoms with Gasteiger partial charge in [-0.1, -0.05) is 11.6 Å². The second kappa shape index (κ2) is 6.66. The molecule has 1 saturated heterocycles. The quantitative estimate of drug-likeness (QED) is 0.690. The van der Waals surface area contributed by atoms with Crippen LogP contribution < -0.4 is 10.3 Å².